The van der Waals surface area contributed by atoms with E-state index < -0.39 is 0 Å². The number of anilines is 2. The minimum absolute atomic E-state index is 0.657. The summed E-state index contributed by atoms with van der Waals surface area (Å²) in [5.41, 5.74) is 2.15. The second kappa shape index (κ2) is 8.49. The zero-order valence-corrected chi connectivity index (χ0v) is 16.2. The maximum Gasteiger partial charge on any atom is 0.224 e. The van der Waals surface area contributed by atoms with E-state index in [9.17, 15) is 0 Å². The summed E-state index contributed by atoms with van der Waals surface area (Å²) in [6, 6.07) is 8.10. The van der Waals surface area contributed by atoms with Crippen LogP contribution in [-0.4, -0.2) is 49.9 Å². The van der Waals surface area contributed by atoms with E-state index in [1.54, 1.807) is 7.11 Å². The third kappa shape index (κ3) is 4.61. The van der Waals surface area contributed by atoms with Gasteiger partial charge in [-0.25, -0.2) is 4.98 Å². The Kier molecular flexibility index (Phi) is 6.09. The van der Waals surface area contributed by atoms with E-state index in [2.05, 4.69) is 43.3 Å². The molecule has 0 aliphatic carbocycles. The second-order valence-corrected chi connectivity index (χ2v) is 6.69. The van der Waals surface area contributed by atoms with Gasteiger partial charge < -0.3 is 19.7 Å². The molecule has 0 spiro atoms. The number of aryl methyl sites for hydroxylation is 1. The van der Waals surface area contributed by atoms with Crippen LogP contribution in [0, 0.1) is 6.92 Å². The summed E-state index contributed by atoms with van der Waals surface area (Å²) < 4.78 is 11.6. The molecule has 134 valence electrons. The third-order valence-corrected chi connectivity index (χ3v) is 5.07. The van der Waals surface area contributed by atoms with Gasteiger partial charge in [0.15, 0.2) is 0 Å². The topological polar surface area (TPSA) is 59.5 Å². The summed E-state index contributed by atoms with van der Waals surface area (Å²) in [5.74, 6) is 2.47. The van der Waals surface area contributed by atoms with Crippen LogP contribution < -0.4 is 15.0 Å². The Balaban J connectivity index is 1.66. The second-order valence-electron chi connectivity index (χ2n) is 5.90. The highest BCUT2D eigenvalue weighted by Crippen LogP contribution is 2.28. The molecule has 1 N–H and O–H groups in total. The summed E-state index contributed by atoms with van der Waals surface area (Å²) in [6.45, 7) is 5.90. The molecule has 0 saturated carbocycles. The van der Waals surface area contributed by atoms with E-state index in [1.807, 2.05) is 19.1 Å². The van der Waals surface area contributed by atoms with Gasteiger partial charge in [-0.3, -0.25) is 0 Å². The Labute approximate surface area is 156 Å². The molecule has 2 aromatic rings. The molecule has 25 heavy (non-hydrogen) atoms. The number of aromatic nitrogens is 2. The lowest BCUT2D eigenvalue weighted by Crippen LogP contribution is -2.37. The highest BCUT2D eigenvalue weighted by Gasteiger charge is 2.18. The van der Waals surface area contributed by atoms with Crippen molar-refractivity contribution in [2.75, 3.05) is 50.2 Å². The highest BCUT2D eigenvalue weighted by molar-refractivity contribution is 9.10. The van der Waals surface area contributed by atoms with Crippen molar-refractivity contribution < 1.29 is 9.47 Å². The van der Waals surface area contributed by atoms with Crippen LogP contribution in [0.4, 0.5) is 11.8 Å². The Hall–Kier alpha value is -1.86. The fourth-order valence-electron chi connectivity index (χ4n) is 2.75. The summed E-state index contributed by atoms with van der Waals surface area (Å²) in [7, 11) is 1.68. The van der Waals surface area contributed by atoms with Crippen molar-refractivity contribution in [2.45, 2.75) is 13.3 Å². The van der Waals surface area contributed by atoms with Gasteiger partial charge in [-0.1, -0.05) is 12.1 Å². The number of hydrogen-bond acceptors (Lipinski definition) is 6. The first-order valence-electron chi connectivity index (χ1n) is 8.41. The van der Waals surface area contributed by atoms with Gasteiger partial charge >= 0.3 is 0 Å². The lowest BCUT2D eigenvalue weighted by atomic mass is 10.1. The molecule has 1 aromatic heterocycles. The van der Waals surface area contributed by atoms with Gasteiger partial charge in [0.2, 0.25) is 5.95 Å². The molecule has 2 heterocycles. The van der Waals surface area contributed by atoms with Crippen molar-refractivity contribution in [1.82, 2.24) is 9.97 Å². The molecule has 0 unspecified atom stereocenters. The first-order chi connectivity index (χ1) is 12.2. The van der Waals surface area contributed by atoms with E-state index >= 15 is 0 Å². The highest BCUT2D eigenvalue weighted by atomic mass is 79.9. The van der Waals surface area contributed by atoms with E-state index in [0.717, 1.165) is 61.0 Å². The van der Waals surface area contributed by atoms with Gasteiger partial charge in [0.05, 0.1) is 30.5 Å². The fraction of sp³-hybridized carbons (Fsp3) is 0.444. The molecule has 0 bridgehead atoms. The third-order valence-electron chi connectivity index (χ3n) is 4.14. The minimum atomic E-state index is 0.657. The van der Waals surface area contributed by atoms with Crippen molar-refractivity contribution >= 4 is 27.7 Å². The molecule has 1 fully saturated rings. The van der Waals surface area contributed by atoms with Crippen LogP contribution in [0.1, 0.15) is 11.3 Å². The maximum absolute atomic E-state index is 5.43. The molecular weight excluding hydrogens is 384 g/mol. The molecular formula is C18H23BrN4O2. The number of nitrogens with one attached hydrogen (secondary N) is 1. The number of methoxy groups -OCH3 is 1. The van der Waals surface area contributed by atoms with Crippen molar-refractivity contribution in [2.24, 2.45) is 0 Å². The summed E-state index contributed by atoms with van der Waals surface area (Å²) in [6.07, 6.45) is 0.878. The van der Waals surface area contributed by atoms with E-state index in [4.69, 9.17) is 14.5 Å². The number of morpholine rings is 1. The van der Waals surface area contributed by atoms with Crippen LogP contribution in [0.25, 0.3) is 0 Å². The standard InChI is InChI=1S/C18H23BrN4O2/c1-13-16(19)17(23-8-10-25-11-9-23)22-18(21-13)20-7-6-14-4-3-5-15(12-14)24-2/h3-5,12H,6-11H2,1-2H3,(H,20,21,22). The molecule has 3 rings (SSSR count). The monoisotopic (exact) mass is 406 g/mol. The van der Waals surface area contributed by atoms with Crippen LogP contribution in [-0.2, 0) is 11.2 Å². The predicted octanol–water partition coefficient (Wildman–Crippen LogP) is 3.05. The number of benzene rings is 1. The summed E-state index contributed by atoms with van der Waals surface area (Å²) in [4.78, 5) is 11.5. The van der Waals surface area contributed by atoms with Crippen LogP contribution in [0.5, 0.6) is 5.75 Å². The van der Waals surface area contributed by atoms with Crippen molar-refractivity contribution in [1.29, 1.82) is 0 Å². The molecule has 7 heteroatoms. The molecule has 1 aromatic carbocycles. The Morgan fingerprint density at radius 1 is 1.28 bits per heavy atom. The van der Waals surface area contributed by atoms with E-state index in [1.165, 1.54) is 5.56 Å². The van der Waals surface area contributed by atoms with Gasteiger partial charge in [0, 0.05) is 19.6 Å². The van der Waals surface area contributed by atoms with Crippen molar-refractivity contribution in [3.63, 3.8) is 0 Å². The molecule has 0 radical (unpaired) electrons. The van der Waals surface area contributed by atoms with Crippen LogP contribution >= 0.6 is 15.9 Å². The normalized spacial score (nSPS) is 14.4. The van der Waals surface area contributed by atoms with Gasteiger partial charge in [-0.15, -0.1) is 0 Å². The molecule has 0 amide bonds. The molecule has 6 nitrogen and oxygen atoms in total. The first kappa shape index (κ1) is 17.9. The average Bonchev–Trinajstić information content (AvgIpc) is 2.65. The Morgan fingerprint density at radius 3 is 2.84 bits per heavy atom. The summed E-state index contributed by atoms with van der Waals surface area (Å²) in [5, 5.41) is 3.34. The quantitative estimate of drug-likeness (QED) is 0.795. The van der Waals surface area contributed by atoms with Gasteiger partial charge in [-0.05, 0) is 47.0 Å². The number of hydrogen-bond donors (Lipinski definition) is 1. The van der Waals surface area contributed by atoms with Gasteiger partial charge in [-0.2, -0.15) is 4.98 Å². The van der Waals surface area contributed by atoms with Crippen LogP contribution in [0.2, 0.25) is 0 Å². The number of nitrogens with zero attached hydrogens (tertiary/aromatic N) is 3. The molecule has 1 aliphatic heterocycles. The maximum atomic E-state index is 5.43. The minimum Gasteiger partial charge on any atom is -0.497 e. The Bertz CT molecular complexity index is 720. The summed E-state index contributed by atoms with van der Waals surface area (Å²) >= 11 is 3.62. The zero-order chi connectivity index (χ0) is 17.6. The molecule has 1 aliphatic rings. The van der Waals surface area contributed by atoms with Crippen LogP contribution in [0.15, 0.2) is 28.7 Å². The molecule has 1 saturated heterocycles. The van der Waals surface area contributed by atoms with E-state index in [0.29, 0.717) is 5.95 Å². The number of halogens is 1. The lowest BCUT2D eigenvalue weighted by molar-refractivity contribution is 0.122. The smallest absolute Gasteiger partial charge is 0.224 e. The zero-order valence-electron chi connectivity index (χ0n) is 14.6. The van der Waals surface area contributed by atoms with Crippen molar-refractivity contribution in [3.05, 3.63) is 40.0 Å². The average molecular weight is 407 g/mol. The molecule has 0 atom stereocenters. The van der Waals surface area contributed by atoms with E-state index in [-0.39, 0.29) is 0 Å². The number of rotatable bonds is 6. The van der Waals surface area contributed by atoms with Crippen LogP contribution in [0.3, 0.4) is 0 Å². The lowest BCUT2D eigenvalue weighted by Gasteiger charge is -2.29. The Morgan fingerprint density at radius 2 is 2.08 bits per heavy atom. The van der Waals surface area contributed by atoms with Gasteiger partial charge in [0.25, 0.3) is 0 Å². The fourth-order valence-corrected chi connectivity index (χ4v) is 3.18. The van der Waals surface area contributed by atoms with Gasteiger partial charge in [0.1, 0.15) is 11.6 Å². The first-order valence-corrected chi connectivity index (χ1v) is 9.20. The SMILES string of the molecule is COc1cccc(CCNc2nc(C)c(Br)c(N3CCOCC3)n2)c1. The predicted molar refractivity (Wildman–Crippen MR) is 103 cm³/mol. The largest absolute Gasteiger partial charge is 0.497 e. The van der Waals surface area contributed by atoms with Crippen molar-refractivity contribution in [3.8, 4) is 5.75 Å². The number of ether oxygens (including phenoxy) is 2.